The smallest absolute Gasteiger partial charge is 0.372 e. The average molecular weight is 524 g/mol. The Morgan fingerprint density at radius 3 is 1.51 bits per heavy atom. The first-order valence-electron chi connectivity index (χ1n) is 11.2. The average Bonchev–Trinajstić information content (AvgIpc) is 3.51. The van der Waals surface area contributed by atoms with Gasteiger partial charge in [-0.1, -0.05) is 0 Å². The number of hydrogen-bond donors (Lipinski definition) is 0. The number of rotatable bonds is 6. The molecule has 0 fully saturated rings. The predicted molar refractivity (Wildman–Crippen MR) is 123 cm³/mol. The van der Waals surface area contributed by atoms with E-state index in [4.69, 9.17) is 0 Å². The van der Waals surface area contributed by atoms with Crippen LogP contribution in [0.3, 0.4) is 0 Å². The van der Waals surface area contributed by atoms with Gasteiger partial charge in [-0.3, -0.25) is 0 Å². The molecule has 0 amide bonds. The molecule has 0 spiro atoms. The van der Waals surface area contributed by atoms with E-state index in [2.05, 4.69) is 30.0 Å². The molecule has 0 N–H and O–H groups in total. The van der Waals surface area contributed by atoms with Crippen LogP contribution >= 0.6 is 0 Å². The van der Waals surface area contributed by atoms with Gasteiger partial charge >= 0.3 is 12.4 Å². The highest BCUT2D eigenvalue weighted by Crippen LogP contribution is 2.32. The molecule has 0 atom stereocenters. The standard InChI is InChI=1S/C23H22F6N8/c1-5-35(6-2)18-13(3)11-15(12-14(18)4)19-30-20(36-9-7-16(33-36)22(24,25)26)32-21(31-19)37-10-8-17(34-37)23(27,28)29/h7-12H,5-6H2,1-4H3. The molecular formula is C23H22F6N8. The van der Waals surface area contributed by atoms with Crippen molar-refractivity contribution in [2.45, 2.75) is 40.0 Å². The monoisotopic (exact) mass is 524 g/mol. The number of aryl methyl sites for hydroxylation is 2. The van der Waals surface area contributed by atoms with Crippen LogP contribution in [0.1, 0.15) is 36.4 Å². The van der Waals surface area contributed by atoms with Crippen molar-refractivity contribution in [1.82, 2.24) is 34.5 Å². The maximum atomic E-state index is 13.1. The highest BCUT2D eigenvalue weighted by molar-refractivity contribution is 5.68. The maximum Gasteiger partial charge on any atom is 0.435 e. The highest BCUT2D eigenvalue weighted by atomic mass is 19.4. The third kappa shape index (κ3) is 5.27. The van der Waals surface area contributed by atoms with Crippen molar-refractivity contribution in [3.8, 4) is 23.3 Å². The van der Waals surface area contributed by atoms with E-state index in [1.54, 1.807) is 12.1 Å². The van der Waals surface area contributed by atoms with Crippen LogP contribution < -0.4 is 4.90 Å². The minimum absolute atomic E-state index is 0.0328. The summed E-state index contributed by atoms with van der Waals surface area (Å²) in [6, 6.07) is 5.09. The summed E-state index contributed by atoms with van der Waals surface area (Å²) in [5.74, 6) is -0.601. The molecule has 0 aliphatic rings. The van der Waals surface area contributed by atoms with Gasteiger partial charge in [-0.25, -0.2) is 9.36 Å². The second-order valence-corrected chi connectivity index (χ2v) is 8.18. The molecule has 37 heavy (non-hydrogen) atoms. The molecule has 14 heteroatoms. The van der Waals surface area contributed by atoms with Crippen LogP contribution in [0, 0.1) is 13.8 Å². The van der Waals surface area contributed by atoms with Gasteiger partial charge in [0.2, 0.25) is 0 Å². The summed E-state index contributed by atoms with van der Waals surface area (Å²) in [5.41, 5.74) is 0.974. The fourth-order valence-electron chi connectivity index (χ4n) is 3.98. The number of alkyl halides is 6. The Morgan fingerprint density at radius 2 is 1.16 bits per heavy atom. The zero-order valence-electron chi connectivity index (χ0n) is 20.2. The molecule has 0 saturated heterocycles. The van der Waals surface area contributed by atoms with Crippen LogP contribution in [0.2, 0.25) is 0 Å². The summed E-state index contributed by atoms with van der Waals surface area (Å²) in [6.07, 6.45) is -7.39. The molecule has 196 valence electrons. The van der Waals surface area contributed by atoms with E-state index < -0.39 is 23.7 Å². The second kappa shape index (κ2) is 9.48. The van der Waals surface area contributed by atoms with E-state index in [0.29, 0.717) is 5.56 Å². The van der Waals surface area contributed by atoms with Crippen molar-refractivity contribution >= 4 is 5.69 Å². The van der Waals surface area contributed by atoms with Crippen molar-refractivity contribution in [2.24, 2.45) is 0 Å². The summed E-state index contributed by atoms with van der Waals surface area (Å²) < 4.78 is 80.3. The van der Waals surface area contributed by atoms with Gasteiger partial charge in [-0.05, 0) is 63.1 Å². The van der Waals surface area contributed by atoms with Gasteiger partial charge in [0.05, 0.1) is 0 Å². The van der Waals surface area contributed by atoms with Gasteiger partial charge in [0.15, 0.2) is 17.2 Å². The molecule has 0 aliphatic heterocycles. The largest absolute Gasteiger partial charge is 0.435 e. The lowest BCUT2D eigenvalue weighted by Crippen LogP contribution is -2.23. The molecule has 8 nitrogen and oxygen atoms in total. The second-order valence-electron chi connectivity index (χ2n) is 8.18. The molecular weight excluding hydrogens is 502 g/mol. The molecule has 4 rings (SSSR count). The Hall–Kier alpha value is -3.97. The Kier molecular flexibility index (Phi) is 6.69. The van der Waals surface area contributed by atoms with Gasteiger partial charge in [0.1, 0.15) is 0 Å². The number of benzene rings is 1. The molecule has 3 heterocycles. The summed E-state index contributed by atoms with van der Waals surface area (Å²) in [7, 11) is 0. The minimum Gasteiger partial charge on any atom is -0.372 e. The normalized spacial score (nSPS) is 12.3. The van der Waals surface area contributed by atoms with E-state index in [0.717, 1.165) is 63.8 Å². The van der Waals surface area contributed by atoms with Crippen molar-refractivity contribution in [1.29, 1.82) is 0 Å². The molecule has 0 aliphatic carbocycles. The highest BCUT2D eigenvalue weighted by Gasteiger charge is 2.35. The van der Waals surface area contributed by atoms with Crippen molar-refractivity contribution < 1.29 is 26.3 Å². The van der Waals surface area contributed by atoms with E-state index in [1.165, 1.54) is 0 Å². The first kappa shape index (κ1) is 26.1. The first-order chi connectivity index (χ1) is 17.3. The third-order valence-electron chi connectivity index (χ3n) is 5.61. The van der Waals surface area contributed by atoms with Gasteiger partial charge in [-0.2, -0.15) is 51.5 Å². The van der Waals surface area contributed by atoms with Crippen LogP contribution in [0.25, 0.3) is 23.3 Å². The van der Waals surface area contributed by atoms with Crippen LogP contribution in [0.15, 0.2) is 36.7 Å². The quantitative estimate of drug-likeness (QED) is 0.314. The minimum atomic E-state index is -4.71. The summed E-state index contributed by atoms with van der Waals surface area (Å²) in [6.45, 7) is 9.41. The molecule has 0 saturated carbocycles. The lowest BCUT2D eigenvalue weighted by Gasteiger charge is -2.26. The Balaban J connectivity index is 1.89. The van der Waals surface area contributed by atoms with Crippen LogP contribution in [0.4, 0.5) is 32.0 Å². The molecule has 1 aromatic carbocycles. The van der Waals surface area contributed by atoms with Gasteiger partial charge in [0.25, 0.3) is 11.9 Å². The van der Waals surface area contributed by atoms with Crippen molar-refractivity contribution in [3.05, 3.63) is 59.2 Å². The summed E-state index contributed by atoms with van der Waals surface area (Å²) >= 11 is 0. The molecule has 0 radical (unpaired) electrons. The van der Waals surface area contributed by atoms with E-state index in [1.807, 2.05) is 27.7 Å². The van der Waals surface area contributed by atoms with E-state index in [-0.39, 0.29) is 17.7 Å². The maximum absolute atomic E-state index is 13.1. The van der Waals surface area contributed by atoms with Crippen molar-refractivity contribution in [2.75, 3.05) is 18.0 Å². The van der Waals surface area contributed by atoms with E-state index >= 15 is 0 Å². The van der Waals surface area contributed by atoms with Crippen LogP contribution in [0.5, 0.6) is 0 Å². The summed E-state index contributed by atoms with van der Waals surface area (Å²) in [5, 5.41) is 6.97. The first-order valence-corrected chi connectivity index (χ1v) is 11.2. The number of hydrogen-bond acceptors (Lipinski definition) is 6. The Labute approximate surface area is 207 Å². The molecule has 0 unspecified atom stereocenters. The summed E-state index contributed by atoms with van der Waals surface area (Å²) in [4.78, 5) is 14.8. The van der Waals surface area contributed by atoms with Crippen molar-refractivity contribution in [3.63, 3.8) is 0 Å². The molecule has 0 bridgehead atoms. The number of halogens is 6. The zero-order chi connectivity index (χ0) is 27.1. The predicted octanol–water partition coefficient (Wildman–Crippen LogP) is 5.41. The molecule has 3 aromatic heterocycles. The van der Waals surface area contributed by atoms with Gasteiger partial charge in [0, 0.05) is 36.7 Å². The fourth-order valence-corrected chi connectivity index (χ4v) is 3.98. The lowest BCUT2D eigenvalue weighted by molar-refractivity contribution is -0.142. The SMILES string of the molecule is CCN(CC)c1c(C)cc(-c2nc(-n3ccc(C(F)(F)F)n3)nc(-n3ccc(C(F)(F)F)n3)n2)cc1C. The van der Waals surface area contributed by atoms with Crippen LogP contribution in [-0.2, 0) is 12.4 Å². The number of nitrogens with zero attached hydrogens (tertiary/aromatic N) is 8. The number of anilines is 1. The van der Waals surface area contributed by atoms with Crippen LogP contribution in [-0.4, -0.2) is 47.6 Å². The van der Waals surface area contributed by atoms with E-state index in [9.17, 15) is 26.3 Å². The Morgan fingerprint density at radius 1 is 0.730 bits per heavy atom. The third-order valence-corrected chi connectivity index (χ3v) is 5.61. The number of aromatic nitrogens is 7. The lowest BCUT2D eigenvalue weighted by atomic mass is 10.0. The molecule has 4 aromatic rings. The van der Waals surface area contributed by atoms with Gasteiger partial charge < -0.3 is 4.90 Å². The Bertz CT molecular complexity index is 1320. The van der Waals surface area contributed by atoms with Gasteiger partial charge in [-0.15, -0.1) is 0 Å². The fraction of sp³-hybridized carbons (Fsp3) is 0.348. The zero-order valence-corrected chi connectivity index (χ0v) is 20.2. The topological polar surface area (TPSA) is 77.5 Å².